The number of nitrogens with one attached hydrogen (secondary N) is 1. The summed E-state index contributed by atoms with van der Waals surface area (Å²) in [5.41, 5.74) is 0.612. The van der Waals surface area contributed by atoms with Crippen LogP contribution in [0.5, 0.6) is 5.75 Å². The number of hydrogen-bond donors (Lipinski definition) is 1. The van der Waals surface area contributed by atoms with E-state index in [0.717, 1.165) is 10.5 Å². The molecule has 3 amide bonds. The molecule has 0 spiro atoms. The molecule has 3 rings (SSSR count). The van der Waals surface area contributed by atoms with Crippen LogP contribution in [-0.4, -0.2) is 37.0 Å². The van der Waals surface area contributed by atoms with E-state index in [0.29, 0.717) is 16.9 Å². The SMILES string of the molecule is COC(=O)C(c1ccccc1)N1C(=O)NC(C)(c2ccc(OC)c(C)c2)C1=O. The second kappa shape index (κ2) is 7.34. The molecule has 7 heteroatoms. The molecule has 1 aliphatic heterocycles. The van der Waals surface area contributed by atoms with E-state index < -0.39 is 29.5 Å². The molecule has 0 radical (unpaired) electrons. The average molecular weight is 382 g/mol. The van der Waals surface area contributed by atoms with Gasteiger partial charge in [-0.05, 0) is 42.7 Å². The summed E-state index contributed by atoms with van der Waals surface area (Å²) < 4.78 is 10.1. The van der Waals surface area contributed by atoms with Crippen LogP contribution in [0, 0.1) is 6.92 Å². The maximum absolute atomic E-state index is 13.3. The molecule has 0 aromatic heterocycles. The molecular formula is C21H22N2O5. The Balaban J connectivity index is 2.04. The highest BCUT2D eigenvalue weighted by Gasteiger charge is 2.53. The number of carbonyl (C=O) groups excluding carboxylic acids is 3. The number of nitrogens with zero attached hydrogens (tertiary/aromatic N) is 1. The summed E-state index contributed by atoms with van der Waals surface area (Å²) in [6.45, 7) is 3.47. The molecule has 2 aromatic rings. The van der Waals surface area contributed by atoms with Crippen LogP contribution in [0.4, 0.5) is 4.79 Å². The monoisotopic (exact) mass is 382 g/mol. The van der Waals surface area contributed by atoms with Gasteiger partial charge in [0.15, 0.2) is 6.04 Å². The van der Waals surface area contributed by atoms with Gasteiger partial charge < -0.3 is 14.8 Å². The van der Waals surface area contributed by atoms with Gasteiger partial charge in [-0.15, -0.1) is 0 Å². The Morgan fingerprint density at radius 3 is 2.36 bits per heavy atom. The summed E-state index contributed by atoms with van der Waals surface area (Å²) in [7, 11) is 2.79. The molecule has 0 bridgehead atoms. The molecule has 1 N–H and O–H groups in total. The van der Waals surface area contributed by atoms with Crippen LogP contribution in [0.3, 0.4) is 0 Å². The third-order valence-electron chi connectivity index (χ3n) is 4.99. The first-order valence-electron chi connectivity index (χ1n) is 8.77. The number of aryl methyl sites for hydroxylation is 1. The first kappa shape index (κ1) is 19.4. The zero-order chi connectivity index (χ0) is 20.5. The molecule has 146 valence electrons. The Bertz CT molecular complexity index is 928. The van der Waals surface area contributed by atoms with Gasteiger partial charge in [0.1, 0.15) is 11.3 Å². The Morgan fingerprint density at radius 1 is 1.11 bits per heavy atom. The first-order valence-corrected chi connectivity index (χ1v) is 8.77. The summed E-state index contributed by atoms with van der Waals surface area (Å²) >= 11 is 0. The predicted molar refractivity (Wildman–Crippen MR) is 102 cm³/mol. The van der Waals surface area contributed by atoms with Crippen molar-refractivity contribution in [3.8, 4) is 5.75 Å². The average Bonchev–Trinajstić information content (AvgIpc) is 2.93. The van der Waals surface area contributed by atoms with Gasteiger partial charge in [-0.3, -0.25) is 4.79 Å². The van der Waals surface area contributed by atoms with Crippen LogP contribution in [-0.2, 0) is 19.9 Å². The molecule has 1 aliphatic rings. The van der Waals surface area contributed by atoms with Crippen molar-refractivity contribution in [2.24, 2.45) is 0 Å². The number of esters is 1. The highest BCUT2D eigenvalue weighted by Crippen LogP contribution is 2.36. The highest BCUT2D eigenvalue weighted by molar-refractivity contribution is 6.09. The molecule has 7 nitrogen and oxygen atoms in total. The van der Waals surface area contributed by atoms with Crippen molar-refractivity contribution in [1.29, 1.82) is 0 Å². The van der Waals surface area contributed by atoms with E-state index in [1.165, 1.54) is 7.11 Å². The quantitative estimate of drug-likeness (QED) is 0.635. The van der Waals surface area contributed by atoms with Crippen LogP contribution in [0.15, 0.2) is 48.5 Å². The lowest BCUT2D eigenvalue weighted by Crippen LogP contribution is -2.43. The minimum Gasteiger partial charge on any atom is -0.496 e. The number of amides is 3. The predicted octanol–water partition coefficient (Wildman–Crippen LogP) is 2.68. The smallest absolute Gasteiger partial charge is 0.333 e. The van der Waals surface area contributed by atoms with E-state index in [4.69, 9.17) is 9.47 Å². The van der Waals surface area contributed by atoms with Gasteiger partial charge in [-0.1, -0.05) is 36.4 Å². The Kier molecular flexibility index (Phi) is 5.09. The van der Waals surface area contributed by atoms with Crippen molar-refractivity contribution in [2.45, 2.75) is 25.4 Å². The van der Waals surface area contributed by atoms with E-state index in [1.807, 2.05) is 6.92 Å². The van der Waals surface area contributed by atoms with E-state index in [2.05, 4.69) is 5.32 Å². The fourth-order valence-electron chi connectivity index (χ4n) is 3.42. The molecule has 0 saturated carbocycles. The molecule has 2 atom stereocenters. The van der Waals surface area contributed by atoms with Gasteiger partial charge in [-0.2, -0.15) is 0 Å². The standard InChI is InChI=1S/C21H22N2O5/c1-13-12-15(10-11-16(13)27-3)21(2)19(25)23(20(26)22-21)17(18(24)28-4)14-8-6-5-7-9-14/h5-12,17H,1-4H3,(H,22,26). The fourth-order valence-corrected chi connectivity index (χ4v) is 3.42. The van der Waals surface area contributed by atoms with E-state index in [1.54, 1.807) is 62.6 Å². The van der Waals surface area contributed by atoms with Gasteiger partial charge in [0, 0.05) is 0 Å². The second-order valence-corrected chi connectivity index (χ2v) is 6.75. The molecule has 1 saturated heterocycles. The summed E-state index contributed by atoms with van der Waals surface area (Å²) in [4.78, 5) is 39.5. The van der Waals surface area contributed by atoms with Crippen molar-refractivity contribution in [1.82, 2.24) is 10.2 Å². The van der Waals surface area contributed by atoms with Crippen LogP contribution in [0.25, 0.3) is 0 Å². The van der Waals surface area contributed by atoms with Crippen LogP contribution in [0.2, 0.25) is 0 Å². The minimum absolute atomic E-state index is 0.494. The van der Waals surface area contributed by atoms with Crippen LogP contribution < -0.4 is 10.1 Å². The zero-order valence-electron chi connectivity index (χ0n) is 16.2. The lowest BCUT2D eigenvalue weighted by Gasteiger charge is -2.26. The van der Waals surface area contributed by atoms with Gasteiger partial charge in [0.25, 0.3) is 5.91 Å². The molecule has 1 heterocycles. The lowest BCUT2D eigenvalue weighted by atomic mass is 9.90. The molecule has 0 aliphatic carbocycles. The second-order valence-electron chi connectivity index (χ2n) is 6.75. The van der Waals surface area contributed by atoms with Gasteiger partial charge in [0.2, 0.25) is 0 Å². The van der Waals surface area contributed by atoms with Crippen LogP contribution in [0.1, 0.15) is 29.7 Å². The largest absolute Gasteiger partial charge is 0.496 e. The fraction of sp³-hybridized carbons (Fsp3) is 0.286. The molecular weight excluding hydrogens is 360 g/mol. The normalized spacial score (nSPS) is 19.9. The van der Waals surface area contributed by atoms with Gasteiger partial charge >= 0.3 is 12.0 Å². The molecule has 2 aromatic carbocycles. The van der Waals surface area contributed by atoms with Crippen molar-refractivity contribution in [3.63, 3.8) is 0 Å². The topological polar surface area (TPSA) is 84.9 Å². The summed E-state index contributed by atoms with van der Waals surface area (Å²) in [5.74, 6) is -0.538. The molecule has 2 unspecified atom stereocenters. The number of benzene rings is 2. The Hall–Kier alpha value is -3.35. The number of hydrogen-bond acceptors (Lipinski definition) is 5. The number of rotatable bonds is 5. The van der Waals surface area contributed by atoms with Crippen molar-refractivity contribution in [3.05, 3.63) is 65.2 Å². The Labute approximate surface area is 163 Å². The lowest BCUT2D eigenvalue weighted by molar-refractivity contribution is -0.150. The van der Waals surface area contributed by atoms with E-state index >= 15 is 0 Å². The molecule has 28 heavy (non-hydrogen) atoms. The number of urea groups is 1. The van der Waals surface area contributed by atoms with Crippen LogP contribution >= 0.6 is 0 Å². The minimum atomic E-state index is -1.31. The number of methoxy groups -OCH3 is 2. The first-order chi connectivity index (χ1) is 13.3. The van der Waals surface area contributed by atoms with Crippen molar-refractivity contribution in [2.75, 3.05) is 14.2 Å². The number of ether oxygens (including phenoxy) is 2. The summed E-state index contributed by atoms with van der Waals surface area (Å²) in [6.07, 6.45) is 0. The van der Waals surface area contributed by atoms with Gasteiger partial charge in [-0.25, -0.2) is 14.5 Å². The maximum Gasteiger partial charge on any atom is 0.333 e. The highest BCUT2D eigenvalue weighted by atomic mass is 16.5. The molecule has 1 fully saturated rings. The zero-order valence-corrected chi connectivity index (χ0v) is 16.2. The van der Waals surface area contributed by atoms with Crippen molar-refractivity contribution >= 4 is 17.9 Å². The Morgan fingerprint density at radius 2 is 1.79 bits per heavy atom. The number of imide groups is 1. The van der Waals surface area contributed by atoms with Gasteiger partial charge in [0.05, 0.1) is 14.2 Å². The number of carbonyl (C=O) groups is 3. The van der Waals surface area contributed by atoms with E-state index in [-0.39, 0.29) is 0 Å². The van der Waals surface area contributed by atoms with E-state index in [9.17, 15) is 14.4 Å². The third kappa shape index (κ3) is 3.09. The third-order valence-corrected chi connectivity index (χ3v) is 4.99. The van der Waals surface area contributed by atoms with Crippen molar-refractivity contribution < 1.29 is 23.9 Å². The maximum atomic E-state index is 13.3. The summed E-state index contributed by atoms with van der Waals surface area (Å²) in [6, 6.07) is 12.0. The summed E-state index contributed by atoms with van der Waals surface area (Å²) in [5, 5.41) is 2.73.